The Morgan fingerprint density at radius 3 is 2.39 bits per heavy atom. The fraction of sp³-hybridized carbons (Fsp3) is 0.571. The van der Waals surface area contributed by atoms with Gasteiger partial charge in [-0.1, -0.05) is 18.5 Å². The topological polar surface area (TPSA) is 30.5 Å². The largest absolute Gasteiger partial charge is 0.493 e. The first-order valence-corrected chi connectivity index (χ1v) is 6.75. The maximum absolute atomic E-state index is 6.27. The molecule has 0 heterocycles. The minimum Gasteiger partial charge on any atom is -0.493 e. The summed E-state index contributed by atoms with van der Waals surface area (Å²) in [5.41, 5.74) is 0.924. The van der Waals surface area contributed by atoms with E-state index in [9.17, 15) is 0 Å². The van der Waals surface area contributed by atoms with Gasteiger partial charge in [0.15, 0.2) is 11.5 Å². The van der Waals surface area contributed by atoms with Crippen LogP contribution in [0.15, 0.2) is 12.1 Å². The summed E-state index contributed by atoms with van der Waals surface area (Å²) < 4.78 is 10.5. The molecule has 0 bridgehead atoms. The van der Waals surface area contributed by atoms with Gasteiger partial charge in [0.2, 0.25) is 0 Å². The number of benzene rings is 1. The number of ether oxygens (including phenoxy) is 2. The Bertz CT molecular complexity index is 419. The van der Waals surface area contributed by atoms with Gasteiger partial charge in [0, 0.05) is 18.2 Å². The number of anilines is 1. The summed E-state index contributed by atoms with van der Waals surface area (Å²) in [5.74, 6) is 2.15. The lowest BCUT2D eigenvalue weighted by Gasteiger charge is -2.20. The summed E-state index contributed by atoms with van der Waals surface area (Å²) in [6.45, 7) is 2.20. The third-order valence-electron chi connectivity index (χ3n) is 3.44. The molecule has 1 aromatic carbocycles. The molecule has 1 N–H and O–H groups in total. The van der Waals surface area contributed by atoms with Crippen LogP contribution in [0.3, 0.4) is 0 Å². The van der Waals surface area contributed by atoms with Gasteiger partial charge in [-0.15, -0.1) is 0 Å². The zero-order chi connectivity index (χ0) is 13.1. The molecule has 1 atom stereocenters. The Labute approximate surface area is 113 Å². The van der Waals surface area contributed by atoms with Crippen LogP contribution in [0.4, 0.5) is 5.69 Å². The zero-order valence-corrected chi connectivity index (χ0v) is 11.9. The van der Waals surface area contributed by atoms with Crippen LogP contribution in [-0.4, -0.2) is 20.3 Å². The molecular formula is C14H20ClNO2. The normalized spacial score (nSPS) is 16.2. The van der Waals surface area contributed by atoms with Gasteiger partial charge < -0.3 is 14.8 Å². The van der Waals surface area contributed by atoms with Crippen molar-refractivity contribution in [2.75, 3.05) is 19.5 Å². The lowest BCUT2D eigenvalue weighted by atomic mass is 10.1. The third kappa shape index (κ3) is 2.83. The van der Waals surface area contributed by atoms with E-state index in [-0.39, 0.29) is 0 Å². The highest BCUT2D eigenvalue weighted by atomic mass is 35.5. The van der Waals surface area contributed by atoms with Crippen LogP contribution in [0.2, 0.25) is 5.02 Å². The van der Waals surface area contributed by atoms with Crippen molar-refractivity contribution < 1.29 is 9.47 Å². The van der Waals surface area contributed by atoms with Gasteiger partial charge in [0.05, 0.1) is 24.9 Å². The molecular weight excluding hydrogens is 250 g/mol. The second-order valence-electron chi connectivity index (χ2n) is 4.68. The van der Waals surface area contributed by atoms with E-state index in [0.29, 0.717) is 22.6 Å². The van der Waals surface area contributed by atoms with Crippen molar-refractivity contribution in [2.24, 2.45) is 5.92 Å². The maximum Gasteiger partial charge on any atom is 0.162 e. The van der Waals surface area contributed by atoms with Crippen LogP contribution in [-0.2, 0) is 0 Å². The van der Waals surface area contributed by atoms with Crippen molar-refractivity contribution in [1.82, 2.24) is 0 Å². The zero-order valence-electron chi connectivity index (χ0n) is 11.1. The predicted molar refractivity (Wildman–Crippen MR) is 75.0 cm³/mol. The SMILES string of the molecule is CCC(Nc1cc(OC)c(OC)cc1Cl)C1CC1. The summed E-state index contributed by atoms with van der Waals surface area (Å²) in [4.78, 5) is 0. The van der Waals surface area contributed by atoms with Crippen LogP contribution in [0, 0.1) is 5.92 Å². The Morgan fingerprint density at radius 2 is 1.89 bits per heavy atom. The Hall–Kier alpha value is -1.09. The first kappa shape index (κ1) is 13.3. The van der Waals surface area contributed by atoms with E-state index in [2.05, 4.69) is 12.2 Å². The molecule has 1 aliphatic rings. The number of rotatable bonds is 6. The minimum atomic E-state index is 0.501. The molecule has 100 valence electrons. The van der Waals surface area contributed by atoms with Crippen LogP contribution in [0.1, 0.15) is 26.2 Å². The molecule has 3 nitrogen and oxygen atoms in total. The lowest BCUT2D eigenvalue weighted by molar-refractivity contribution is 0.355. The smallest absolute Gasteiger partial charge is 0.162 e. The number of methoxy groups -OCH3 is 2. The first-order valence-electron chi connectivity index (χ1n) is 6.37. The Kier molecular flexibility index (Phi) is 4.23. The fourth-order valence-corrected chi connectivity index (χ4v) is 2.42. The molecule has 1 aromatic rings. The first-order chi connectivity index (χ1) is 8.69. The standard InChI is InChI=1S/C14H20ClNO2/c1-4-11(9-5-6-9)16-12-8-14(18-3)13(17-2)7-10(12)15/h7-9,11,16H,4-6H2,1-3H3. The van der Waals surface area contributed by atoms with Crippen molar-refractivity contribution in [2.45, 2.75) is 32.2 Å². The molecule has 1 saturated carbocycles. The van der Waals surface area contributed by atoms with Crippen LogP contribution < -0.4 is 14.8 Å². The second-order valence-corrected chi connectivity index (χ2v) is 5.09. The summed E-state index contributed by atoms with van der Waals surface area (Å²) in [6, 6.07) is 4.20. The van der Waals surface area contributed by atoms with Crippen molar-refractivity contribution >= 4 is 17.3 Å². The number of nitrogens with one attached hydrogen (secondary N) is 1. The number of halogens is 1. The summed E-state index contributed by atoms with van der Waals surface area (Å²) in [5, 5.41) is 4.19. The van der Waals surface area contributed by atoms with Crippen LogP contribution in [0.5, 0.6) is 11.5 Å². The molecule has 1 fully saturated rings. The highest BCUT2D eigenvalue weighted by Crippen LogP contribution is 2.40. The van der Waals surface area contributed by atoms with Gasteiger partial charge in [-0.05, 0) is 25.2 Å². The Morgan fingerprint density at radius 1 is 1.28 bits per heavy atom. The van der Waals surface area contributed by atoms with Gasteiger partial charge >= 0.3 is 0 Å². The summed E-state index contributed by atoms with van der Waals surface area (Å²) in [7, 11) is 3.24. The van der Waals surface area contributed by atoms with E-state index in [4.69, 9.17) is 21.1 Å². The molecule has 2 rings (SSSR count). The van der Waals surface area contributed by atoms with Gasteiger partial charge in [-0.25, -0.2) is 0 Å². The van der Waals surface area contributed by atoms with E-state index in [1.54, 1.807) is 20.3 Å². The van der Waals surface area contributed by atoms with Gasteiger partial charge in [0.25, 0.3) is 0 Å². The molecule has 0 aliphatic heterocycles. The second kappa shape index (κ2) is 5.70. The molecule has 4 heteroatoms. The average molecular weight is 270 g/mol. The van der Waals surface area contributed by atoms with Crippen LogP contribution >= 0.6 is 11.6 Å². The third-order valence-corrected chi connectivity index (χ3v) is 3.76. The molecule has 0 amide bonds. The molecule has 0 radical (unpaired) electrons. The molecule has 0 spiro atoms. The van der Waals surface area contributed by atoms with E-state index in [1.807, 2.05) is 6.07 Å². The molecule has 18 heavy (non-hydrogen) atoms. The van der Waals surface area contributed by atoms with Crippen LogP contribution in [0.25, 0.3) is 0 Å². The molecule has 1 aliphatic carbocycles. The summed E-state index contributed by atoms with van der Waals surface area (Å²) in [6.07, 6.45) is 3.74. The molecule has 0 saturated heterocycles. The van der Waals surface area contributed by atoms with Gasteiger partial charge in [-0.2, -0.15) is 0 Å². The fourth-order valence-electron chi connectivity index (χ4n) is 2.22. The van der Waals surface area contributed by atoms with Crippen molar-refractivity contribution in [3.05, 3.63) is 17.2 Å². The van der Waals surface area contributed by atoms with E-state index >= 15 is 0 Å². The van der Waals surface area contributed by atoms with Crippen molar-refractivity contribution in [1.29, 1.82) is 0 Å². The highest BCUT2D eigenvalue weighted by Gasteiger charge is 2.30. The van der Waals surface area contributed by atoms with Gasteiger partial charge in [-0.3, -0.25) is 0 Å². The maximum atomic E-state index is 6.27. The lowest BCUT2D eigenvalue weighted by Crippen LogP contribution is -2.20. The molecule has 0 aromatic heterocycles. The van der Waals surface area contributed by atoms with Crippen molar-refractivity contribution in [3.63, 3.8) is 0 Å². The minimum absolute atomic E-state index is 0.501. The average Bonchev–Trinajstić information content (AvgIpc) is 3.21. The number of hydrogen-bond donors (Lipinski definition) is 1. The van der Waals surface area contributed by atoms with E-state index in [1.165, 1.54) is 12.8 Å². The quantitative estimate of drug-likeness (QED) is 0.848. The predicted octanol–water partition coefficient (Wildman–Crippen LogP) is 3.96. The monoisotopic (exact) mass is 269 g/mol. The molecule has 1 unspecified atom stereocenters. The number of hydrogen-bond acceptors (Lipinski definition) is 3. The van der Waals surface area contributed by atoms with E-state index in [0.717, 1.165) is 18.0 Å². The van der Waals surface area contributed by atoms with E-state index < -0.39 is 0 Å². The van der Waals surface area contributed by atoms with Gasteiger partial charge in [0.1, 0.15) is 0 Å². The summed E-state index contributed by atoms with van der Waals surface area (Å²) >= 11 is 6.27. The van der Waals surface area contributed by atoms with Crippen molar-refractivity contribution in [3.8, 4) is 11.5 Å². The highest BCUT2D eigenvalue weighted by molar-refractivity contribution is 6.33. The Balaban J connectivity index is 2.20.